The van der Waals surface area contributed by atoms with Gasteiger partial charge in [-0.2, -0.15) is 0 Å². The number of nitrogens with two attached hydrogens (primary N) is 1. The van der Waals surface area contributed by atoms with Crippen molar-refractivity contribution >= 4 is 0 Å². The van der Waals surface area contributed by atoms with E-state index in [0.29, 0.717) is 0 Å². The monoisotopic (exact) mass is 210 g/mol. The Hall–Kier alpha value is -1.04. The summed E-state index contributed by atoms with van der Waals surface area (Å²) in [5.74, 6) is 5.49. The summed E-state index contributed by atoms with van der Waals surface area (Å²) in [5, 5.41) is 0. The van der Waals surface area contributed by atoms with E-state index in [9.17, 15) is 0 Å². The molecule has 0 amide bonds. The Kier molecular flexibility index (Phi) is 4.14. The third-order valence-corrected chi connectivity index (χ3v) is 2.39. The fraction of sp³-hybridized carbons (Fsp3) is 0.600. The van der Waals surface area contributed by atoms with Crippen LogP contribution in [0.2, 0.25) is 0 Å². The van der Waals surface area contributed by atoms with Crippen LogP contribution in [0.5, 0.6) is 0 Å². The van der Waals surface area contributed by atoms with E-state index in [1.807, 2.05) is 13.8 Å². The van der Waals surface area contributed by atoms with Gasteiger partial charge in [-0.3, -0.25) is 21.2 Å². The first kappa shape index (κ1) is 12.0. The molecule has 0 aliphatic carbocycles. The number of hydrogen-bond acceptors (Lipinski definition) is 5. The molecule has 0 spiro atoms. The van der Waals surface area contributed by atoms with Crippen LogP contribution in [0, 0.1) is 0 Å². The molecule has 3 N–H and O–H groups in total. The van der Waals surface area contributed by atoms with E-state index in [2.05, 4.69) is 15.4 Å². The Balaban J connectivity index is 2.73. The molecule has 15 heavy (non-hydrogen) atoms. The van der Waals surface area contributed by atoms with E-state index in [0.717, 1.165) is 12.1 Å². The molecule has 0 aliphatic rings. The number of hydrogen-bond donors (Lipinski definition) is 2. The van der Waals surface area contributed by atoms with Crippen molar-refractivity contribution in [1.82, 2.24) is 15.4 Å². The van der Waals surface area contributed by atoms with Crippen molar-refractivity contribution in [1.29, 1.82) is 0 Å². The van der Waals surface area contributed by atoms with Crippen LogP contribution in [0.15, 0.2) is 18.6 Å². The third-order valence-electron chi connectivity index (χ3n) is 2.39. The molecule has 1 aromatic heterocycles. The smallest absolute Gasteiger partial charge is 0.0770 e. The van der Waals surface area contributed by atoms with Gasteiger partial charge in [0.2, 0.25) is 0 Å². The highest BCUT2D eigenvalue weighted by Crippen LogP contribution is 2.23. The molecule has 5 heteroatoms. The average Bonchev–Trinajstić information content (AvgIpc) is 2.27. The third kappa shape index (κ3) is 3.54. The van der Waals surface area contributed by atoms with Crippen LogP contribution in [-0.2, 0) is 4.74 Å². The van der Waals surface area contributed by atoms with Gasteiger partial charge in [0.05, 0.1) is 23.5 Å². The van der Waals surface area contributed by atoms with Crippen LogP contribution in [0.4, 0.5) is 0 Å². The lowest BCUT2D eigenvalue weighted by atomic mass is 9.97. The zero-order valence-corrected chi connectivity index (χ0v) is 9.40. The number of methoxy groups -OCH3 is 1. The maximum atomic E-state index is 5.49. The number of nitrogens with zero attached hydrogens (tertiary/aromatic N) is 2. The summed E-state index contributed by atoms with van der Waals surface area (Å²) in [6.45, 7) is 4.02. The predicted octanol–water partition coefficient (Wildman–Crippen LogP) is 0.796. The highest BCUT2D eigenvalue weighted by molar-refractivity contribution is 5.03. The fourth-order valence-electron chi connectivity index (χ4n) is 1.31. The average molecular weight is 210 g/mol. The quantitative estimate of drug-likeness (QED) is 0.555. The Bertz CT molecular complexity index is 289. The summed E-state index contributed by atoms with van der Waals surface area (Å²) in [7, 11) is 1.68. The Morgan fingerprint density at radius 2 is 2.27 bits per heavy atom. The van der Waals surface area contributed by atoms with E-state index < -0.39 is 0 Å². The zero-order chi connectivity index (χ0) is 11.3. The molecule has 0 saturated heterocycles. The molecule has 1 rings (SSSR count). The molecule has 0 saturated carbocycles. The lowest BCUT2D eigenvalue weighted by Gasteiger charge is -2.27. The Labute approximate surface area is 90.0 Å². The van der Waals surface area contributed by atoms with Gasteiger partial charge in [0, 0.05) is 19.5 Å². The van der Waals surface area contributed by atoms with Gasteiger partial charge in [0.15, 0.2) is 0 Å². The van der Waals surface area contributed by atoms with Crippen LogP contribution in [-0.4, -0.2) is 22.7 Å². The van der Waals surface area contributed by atoms with Crippen molar-refractivity contribution in [2.45, 2.75) is 31.9 Å². The standard InChI is InChI=1S/C10H18N4O/c1-10(2,15-3)6-8(14-11)9-7-12-4-5-13-9/h4-5,7-8,14H,6,11H2,1-3H3. The van der Waals surface area contributed by atoms with E-state index in [1.54, 1.807) is 25.7 Å². The second-order valence-corrected chi connectivity index (χ2v) is 4.02. The highest BCUT2D eigenvalue weighted by Gasteiger charge is 2.24. The van der Waals surface area contributed by atoms with E-state index in [4.69, 9.17) is 10.6 Å². The lowest BCUT2D eigenvalue weighted by Crippen LogP contribution is -2.35. The molecular weight excluding hydrogens is 192 g/mol. The minimum Gasteiger partial charge on any atom is -0.379 e. The molecule has 5 nitrogen and oxygen atoms in total. The van der Waals surface area contributed by atoms with Gasteiger partial charge in [-0.1, -0.05) is 0 Å². The Morgan fingerprint density at radius 3 is 2.73 bits per heavy atom. The van der Waals surface area contributed by atoms with E-state index in [-0.39, 0.29) is 11.6 Å². The van der Waals surface area contributed by atoms with Crippen LogP contribution in [0.25, 0.3) is 0 Å². The molecule has 0 bridgehead atoms. The van der Waals surface area contributed by atoms with Crippen molar-refractivity contribution in [3.05, 3.63) is 24.3 Å². The van der Waals surface area contributed by atoms with Crippen LogP contribution in [0.1, 0.15) is 32.0 Å². The summed E-state index contributed by atoms with van der Waals surface area (Å²) in [6, 6.07) is -0.0475. The van der Waals surface area contributed by atoms with Crippen molar-refractivity contribution < 1.29 is 4.74 Å². The predicted molar refractivity (Wildman–Crippen MR) is 57.8 cm³/mol. The van der Waals surface area contributed by atoms with Crippen LogP contribution in [0.3, 0.4) is 0 Å². The van der Waals surface area contributed by atoms with Crippen molar-refractivity contribution in [3.8, 4) is 0 Å². The van der Waals surface area contributed by atoms with Crippen molar-refractivity contribution in [2.75, 3.05) is 7.11 Å². The summed E-state index contributed by atoms with van der Waals surface area (Å²) in [6.07, 6.45) is 5.73. The zero-order valence-electron chi connectivity index (χ0n) is 9.40. The second-order valence-electron chi connectivity index (χ2n) is 4.02. The van der Waals surface area contributed by atoms with Gasteiger partial charge in [0.25, 0.3) is 0 Å². The molecule has 1 heterocycles. The number of hydrazine groups is 1. The number of ether oxygens (including phenoxy) is 1. The normalized spacial score (nSPS) is 13.9. The molecule has 84 valence electrons. The van der Waals surface area contributed by atoms with Gasteiger partial charge in [-0.05, 0) is 20.3 Å². The van der Waals surface area contributed by atoms with Crippen LogP contribution < -0.4 is 11.3 Å². The maximum Gasteiger partial charge on any atom is 0.0770 e. The molecule has 0 aromatic carbocycles. The number of rotatable bonds is 5. The highest BCUT2D eigenvalue weighted by atomic mass is 16.5. The van der Waals surface area contributed by atoms with Crippen LogP contribution >= 0.6 is 0 Å². The molecule has 1 unspecified atom stereocenters. The number of nitrogens with one attached hydrogen (secondary N) is 1. The van der Waals surface area contributed by atoms with Gasteiger partial charge in [-0.15, -0.1) is 0 Å². The number of aromatic nitrogens is 2. The van der Waals surface area contributed by atoms with Gasteiger partial charge >= 0.3 is 0 Å². The molecule has 0 aliphatic heterocycles. The molecule has 1 atom stereocenters. The largest absolute Gasteiger partial charge is 0.379 e. The topological polar surface area (TPSA) is 73.1 Å². The fourth-order valence-corrected chi connectivity index (χ4v) is 1.31. The van der Waals surface area contributed by atoms with Gasteiger partial charge in [0.1, 0.15) is 0 Å². The second kappa shape index (κ2) is 5.16. The van der Waals surface area contributed by atoms with E-state index in [1.165, 1.54) is 0 Å². The lowest BCUT2D eigenvalue weighted by molar-refractivity contribution is 0.00643. The maximum absolute atomic E-state index is 5.49. The summed E-state index contributed by atoms with van der Waals surface area (Å²) < 4.78 is 5.35. The summed E-state index contributed by atoms with van der Waals surface area (Å²) in [5.41, 5.74) is 3.31. The summed E-state index contributed by atoms with van der Waals surface area (Å²) >= 11 is 0. The first-order valence-electron chi connectivity index (χ1n) is 4.86. The molecular formula is C10H18N4O. The van der Waals surface area contributed by atoms with Gasteiger partial charge in [-0.25, -0.2) is 0 Å². The molecule has 1 aromatic rings. The van der Waals surface area contributed by atoms with Gasteiger partial charge < -0.3 is 4.74 Å². The van der Waals surface area contributed by atoms with E-state index >= 15 is 0 Å². The molecule has 0 radical (unpaired) electrons. The summed E-state index contributed by atoms with van der Waals surface area (Å²) in [4.78, 5) is 8.22. The first-order valence-corrected chi connectivity index (χ1v) is 4.86. The molecule has 0 fully saturated rings. The minimum absolute atomic E-state index is 0.0475. The minimum atomic E-state index is -0.242. The van der Waals surface area contributed by atoms with Crippen molar-refractivity contribution in [3.63, 3.8) is 0 Å². The first-order chi connectivity index (χ1) is 7.09. The Morgan fingerprint density at radius 1 is 1.53 bits per heavy atom. The van der Waals surface area contributed by atoms with Crippen molar-refractivity contribution in [2.24, 2.45) is 5.84 Å². The SMILES string of the molecule is COC(C)(C)CC(NN)c1cnccn1.